The van der Waals surface area contributed by atoms with Crippen LogP contribution in [0.3, 0.4) is 0 Å². The van der Waals surface area contributed by atoms with Crippen molar-refractivity contribution in [1.29, 1.82) is 0 Å². The van der Waals surface area contributed by atoms with Gasteiger partial charge in [0.2, 0.25) is 0 Å². The standard InChI is InChI=1S/C15H17N3O/c16-10-12-5-3-9-18(12)15(19)14-8-7-11-4-1-2-6-13(11)17-14/h1-2,4,6-8,12H,3,5,9-10,16H2. The molecule has 1 aromatic carbocycles. The van der Waals surface area contributed by atoms with Crippen LogP contribution in [0.15, 0.2) is 36.4 Å². The van der Waals surface area contributed by atoms with Gasteiger partial charge in [0.15, 0.2) is 0 Å². The second-order valence-corrected chi connectivity index (χ2v) is 4.92. The topological polar surface area (TPSA) is 59.2 Å². The van der Waals surface area contributed by atoms with Crippen molar-refractivity contribution < 1.29 is 4.79 Å². The van der Waals surface area contributed by atoms with E-state index in [4.69, 9.17) is 5.73 Å². The molecule has 1 saturated heterocycles. The maximum absolute atomic E-state index is 12.5. The summed E-state index contributed by atoms with van der Waals surface area (Å²) in [7, 11) is 0. The van der Waals surface area contributed by atoms with Crippen molar-refractivity contribution >= 4 is 16.8 Å². The molecule has 1 fully saturated rings. The van der Waals surface area contributed by atoms with Crippen molar-refractivity contribution in [2.24, 2.45) is 5.73 Å². The zero-order chi connectivity index (χ0) is 13.2. The predicted molar refractivity (Wildman–Crippen MR) is 74.9 cm³/mol. The molecule has 1 atom stereocenters. The van der Waals surface area contributed by atoms with E-state index in [9.17, 15) is 4.79 Å². The average Bonchev–Trinajstić information content (AvgIpc) is 2.94. The van der Waals surface area contributed by atoms with Crippen molar-refractivity contribution in [3.63, 3.8) is 0 Å². The molecule has 0 saturated carbocycles. The van der Waals surface area contributed by atoms with Crippen molar-refractivity contribution in [2.45, 2.75) is 18.9 Å². The fraction of sp³-hybridized carbons (Fsp3) is 0.333. The number of hydrogen-bond acceptors (Lipinski definition) is 3. The van der Waals surface area contributed by atoms with E-state index in [1.165, 1.54) is 0 Å². The number of carbonyl (C=O) groups excluding carboxylic acids is 1. The van der Waals surface area contributed by atoms with Crippen LogP contribution < -0.4 is 5.73 Å². The lowest BCUT2D eigenvalue weighted by atomic mass is 10.2. The van der Waals surface area contributed by atoms with Gasteiger partial charge < -0.3 is 10.6 Å². The minimum atomic E-state index is -0.00120. The monoisotopic (exact) mass is 255 g/mol. The van der Waals surface area contributed by atoms with E-state index in [-0.39, 0.29) is 11.9 Å². The summed E-state index contributed by atoms with van der Waals surface area (Å²) >= 11 is 0. The van der Waals surface area contributed by atoms with E-state index < -0.39 is 0 Å². The molecule has 2 N–H and O–H groups in total. The first kappa shape index (κ1) is 12.1. The number of pyridine rings is 1. The fourth-order valence-electron chi connectivity index (χ4n) is 2.68. The Morgan fingerprint density at radius 1 is 1.32 bits per heavy atom. The van der Waals surface area contributed by atoms with Gasteiger partial charge in [-0.15, -0.1) is 0 Å². The Bertz CT molecular complexity index is 611. The average molecular weight is 255 g/mol. The van der Waals surface area contributed by atoms with Crippen LogP contribution in [-0.4, -0.2) is 34.9 Å². The van der Waals surface area contributed by atoms with Crippen LogP contribution in [0.5, 0.6) is 0 Å². The fourth-order valence-corrected chi connectivity index (χ4v) is 2.68. The lowest BCUT2D eigenvalue weighted by Crippen LogP contribution is -2.40. The largest absolute Gasteiger partial charge is 0.333 e. The molecule has 1 amide bonds. The molecule has 0 bridgehead atoms. The second kappa shape index (κ2) is 4.97. The number of aromatic nitrogens is 1. The number of nitrogens with two attached hydrogens (primary N) is 1. The Morgan fingerprint density at radius 2 is 2.16 bits per heavy atom. The third-order valence-corrected chi connectivity index (χ3v) is 3.73. The smallest absolute Gasteiger partial charge is 0.272 e. The van der Waals surface area contributed by atoms with Crippen LogP contribution in [-0.2, 0) is 0 Å². The van der Waals surface area contributed by atoms with Crippen LogP contribution in [0, 0.1) is 0 Å². The number of amides is 1. The summed E-state index contributed by atoms with van der Waals surface area (Å²) in [6.45, 7) is 1.31. The molecular weight excluding hydrogens is 238 g/mol. The van der Waals surface area contributed by atoms with Crippen LogP contribution >= 0.6 is 0 Å². The second-order valence-electron chi connectivity index (χ2n) is 4.92. The summed E-state index contributed by atoms with van der Waals surface area (Å²) in [5.41, 5.74) is 7.09. The van der Waals surface area contributed by atoms with Gasteiger partial charge in [0, 0.05) is 24.5 Å². The van der Waals surface area contributed by atoms with E-state index in [0.29, 0.717) is 12.2 Å². The summed E-state index contributed by atoms with van der Waals surface area (Å²) < 4.78 is 0. The van der Waals surface area contributed by atoms with Crippen LogP contribution in [0.4, 0.5) is 0 Å². The highest BCUT2D eigenvalue weighted by molar-refractivity contribution is 5.95. The number of fused-ring (bicyclic) bond motifs is 1. The highest BCUT2D eigenvalue weighted by Crippen LogP contribution is 2.20. The molecule has 1 aromatic heterocycles. The van der Waals surface area contributed by atoms with E-state index in [1.54, 1.807) is 6.07 Å². The van der Waals surface area contributed by atoms with Gasteiger partial charge in [0.1, 0.15) is 5.69 Å². The molecule has 1 aliphatic rings. The Hall–Kier alpha value is -1.94. The molecule has 4 nitrogen and oxygen atoms in total. The molecule has 0 aliphatic carbocycles. The van der Waals surface area contributed by atoms with Gasteiger partial charge in [-0.05, 0) is 25.0 Å². The number of nitrogens with zero attached hydrogens (tertiary/aromatic N) is 2. The first-order valence-electron chi connectivity index (χ1n) is 6.66. The van der Waals surface area contributed by atoms with Crippen molar-refractivity contribution in [1.82, 2.24) is 9.88 Å². The minimum absolute atomic E-state index is 0.00120. The van der Waals surface area contributed by atoms with Gasteiger partial charge in [0.05, 0.1) is 5.52 Å². The Morgan fingerprint density at radius 3 is 3.00 bits per heavy atom. The normalized spacial score (nSPS) is 19.0. The zero-order valence-electron chi connectivity index (χ0n) is 10.7. The highest BCUT2D eigenvalue weighted by Gasteiger charge is 2.28. The van der Waals surface area contributed by atoms with Gasteiger partial charge in [0.25, 0.3) is 5.91 Å². The molecule has 3 rings (SSSR count). The molecule has 2 heterocycles. The summed E-state index contributed by atoms with van der Waals surface area (Å²) in [6, 6.07) is 11.7. The lowest BCUT2D eigenvalue weighted by molar-refractivity contribution is 0.0735. The van der Waals surface area contributed by atoms with Gasteiger partial charge in [-0.2, -0.15) is 0 Å². The van der Waals surface area contributed by atoms with E-state index >= 15 is 0 Å². The Balaban J connectivity index is 1.93. The highest BCUT2D eigenvalue weighted by atomic mass is 16.2. The van der Waals surface area contributed by atoms with Crippen molar-refractivity contribution in [3.05, 3.63) is 42.1 Å². The van der Waals surface area contributed by atoms with Crippen molar-refractivity contribution in [2.75, 3.05) is 13.1 Å². The van der Waals surface area contributed by atoms with Crippen LogP contribution in [0.2, 0.25) is 0 Å². The number of rotatable bonds is 2. The van der Waals surface area contributed by atoms with Gasteiger partial charge in [-0.25, -0.2) is 4.98 Å². The number of carbonyl (C=O) groups is 1. The molecule has 1 aliphatic heterocycles. The molecule has 0 radical (unpaired) electrons. The first-order chi connectivity index (χ1) is 9.29. The molecule has 4 heteroatoms. The maximum Gasteiger partial charge on any atom is 0.272 e. The summed E-state index contributed by atoms with van der Waals surface area (Å²) in [5, 5.41) is 1.05. The molecule has 19 heavy (non-hydrogen) atoms. The van der Waals surface area contributed by atoms with Gasteiger partial charge in [-0.3, -0.25) is 4.79 Å². The summed E-state index contributed by atoms with van der Waals surface area (Å²) in [6.07, 6.45) is 2.02. The number of para-hydroxylation sites is 1. The Kier molecular flexibility index (Phi) is 3.17. The minimum Gasteiger partial charge on any atom is -0.333 e. The number of hydrogen-bond donors (Lipinski definition) is 1. The third kappa shape index (κ3) is 2.19. The lowest BCUT2D eigenvalue weighted by Gasteiger charge is -2.23. The van der Waals surface area contributed by atoms with Crippen LogP contribution in [0.25, 0.3) is 10.9 Å². The van der Waals surface area contributed by atoms with Crippen molar-refractivity contribution in [3.8, 4) is 0 Å². The van der Waals surface area contributed by atoms with Gasteiger partial charge >= 0.3 is 0 Å². The molecule has 0 spiro atoms. The number of benzene rings is 1. The molecular formula is C15H17N3O. The van der Waals surface area contributed by atoms with E-state index in [0.717, 1.165) is 30.3 Å². The quantitative estimate of drug-likeness (QED) is 0.890. The molecule has 2 aromatic rings. The molecule has 98 valence electrons. The first-order valence-corrected chi connectivity index (χ1v) is 6.66. The third-order valence-electron chi connectivity index (χ3n) is 3.73. The van der Waals surface area contributed by atoms with Crippen LogP contribution in [0.1, 0.15) is 23.3 Å². The summed E-state index contributed by atoms with van der Waals surface area (Å²) in [4.78, 5) is 18.8. The summed E-state index contributed by atoms with van der Waals surface area (Å²) in [5.74, 6) is -0.00120. The zero-order valence-corrected chi connectivity index (χ0v) is 10.7. The Labute approximate surface area is 112 Å². The SMILES string of the molecule is NCC1CCCN1C(=O)c1ccc2ccccc2n1. The molecule has 1 unspecified atom stereocenters. The number of likely N-dealkylation sites (tertiary alicyclic amines) is 1. The van der Waals surface area contributed by atoms with E-state index in [1.807, 2.05) is 35.2 Å². The van der Waals surface area contributed by atoms with E-state index in [2.05, 4.69) is 4.98 Å². The maximum atomic E-state index is 12.5. The predicted octanol–water partition coefficient (Wildman–Crippen LogP) is 1.80. The van der Waals surface area contributed by atoms with Gasteiger partial charge in [-0.1, -0.05) is 24.3 Å².